The van der Waals surface area contributed by atoms with Crippen molar-refractivity contribution in [3.63, 3.8) is 0 Å². The van der Waals surface area contributed by atoms with E-state index in [1.807, 2.05) is 0 Å². The largest absolute Gasteiger partial charge is 0.321 e. The Morgan fingerprint density at radius 3 is 2.61 bits per heavy atom. The second-order valence-electron chi connectivity index (χ2n) is 4.65. The Morgan fingerprint density at radius 1 is 0.944 bits per heavy atom. The molecule has 0 amide bonds. The number of nitrogens with two attached hydrogens (primary N) is 1. The van der Waals surface area contributed by atoms with Crippen LogP contribution in [0.5, 0.6) is 0 Å². The Morgan fingerprint density at radius 2 is 1.78 bits per heavy atom. The topological polar surface area (TPSA) is 26.0 Å². The van der Waals surface area contributed by atoms with E-state index in [-0.39, 0.29) is 6.04 Å². The van der Waals surface area contributed by atoms with Crippen LogP contribution in [0.15, 0.2) is 71.9 Å². The molecule has 2 N–H and O–H groups in total. The average molecular weight is 239 g/mol. The van der Waals surface area contributed by atoms with Gasteiger partial charge in [0, 0.05) is 6.04 Å². The van der Waals surface area contributed by atoms with Crippen molar-refractivity contribution in [2.45, 2.75) is 31.7 Å². The minimum absolute atomic E-state index is 0.00885. The number of hydrogen-bond acceptors (Lipinski definition) is 1. The van der Waals surface area contributed by atoms with E-state index in [1.54, 1.807) is 0 Å². The predicted molar refractivity (Wildman–Crippen MR) is 79.2 cm³/mol. The van der Waals surface area contributed by atoms with Gasteiger partial charge in [-0.25, -0.2) is 0 Å². The highest BCUT2D eigenvalue weighted by Gasteiger charge is 2.05. The maximum Gasteiger partial charge on any atom is 0.0419 e. The molecule has 2 rings (SSSR count). The zero-order valence-electron chi connectivity index (χ0n) is 10.8. The molecule has 18 heavy (non-hydrogen) atoms. The molecule has 1 heteroatoms. The standard InChI is InChI=1S/C17H21N/c18-17-13-9-4-2-1-3-6-12-16(14-17)15-10-7-5-8-11-15/h1,3,5-7,9-10,12-14,17H,2,4,8,11,18H2/b3-1+,12-6-,13-9+,16-14+. The molecule has 0 heterocycles. The van der Waals surface area contributed by atoms with E-state index >= 15 is 0 Å². The average Bonchev–Trinajstić information content (AvgIpc) is 2.45. The Balaban J connectivity index is 2.26. The van der Waals surface area contributed by atoms with Crippen LogP contribution in [0.2, 0.25) is 0 Å². The quantitative estimate of drug-likeness (QED) is 0.688. The molecule has 0 saturated heterocycles. The maximum absolute atomic E-state index is 6.11. The summed E-state index contributed by atoms with van der Waals surface area (Å²) in [6.45, 7) is 0. The Hall–Kier alpha value is -1.60. The third-order valence-corrected chi connectivity index (χ3v) is 3.14. The summed E-state index contributed by atoms with van der Waals surface area (Å²) in [4.78, 5) is 0. The molecule has 0 aromatic rings. The molecule has 0 spiro atoms. The third kappa shape index (κ3) is 4.01. The summed E-state index contributed by atoms with van der Waals surface area (Å²) >= 11 is 0. The van der Waals surface area contributed by atoms with E-state index in [0.29, 0.717) is 0 Å². The molecular formula is C17H21N. The molecular weight excluding hydrogens is 218 g/mol. The first-order valence-corrected chi connectivity index (χ1v) is 6.69. The second-order valence-corrected chi connectivity index (χ2v) is 4.65. The van der Waals surface area contributed by atoms with Crippen LogP contribution in [0.4, 0.5) is 0 Å². The van der Waals surface area contributed by atoms with Gasteiger partial charge >= 0.3 is 0 Å². The summed E-state index contributed by atoms with van der Waals surface area (Å²) < 4.78 is 0. The first-order valence-electron chi connectivity index (χ1n) is 6.69. The summed E-state index contributed by atoms with van der Waals surface area (Å²) in [5.74, 6) is 0. The van der Waals surface area contributed by atoms with Gasteiger partial charge in [-0.05, 0) is 36.8 Å². The maximum atomic E-state index is 6.11. The van der Waals surface area contributed by atoms with Crippen LogP contribution in [-0.4, -0.2) is 6.04 Å². The lowest BCUT2D eigenvalue weighted by Crippen LogP contribution is -2.14. The van der Waals surface area contributed by atoms with Gasteiger partial charge < -0.3 is 5.73 Å². The minimum atomic E-state index is 0.00885. The van der Waals surface area contributed by atoms with Gasteiger partial charge in [0.05, 0.1) is 0 Å². The van der Waals surface area contributed by atoms with Gasteiger partial charge in [-0.3, -0.25) is 0 Å². The molecule has 0 bridgehead atoms. The van der Waals surface area contributed by atoms with Crippen LogP contribution in [0, 0.1) is 0 Å². The van der Waals surface area contributed by atoms with Gasteiger partial charge in [0.15, 0.2) is 0 Å². The summed E-state index contributed by atoms with van der Waals surface area (Å²) in [6, 6.07) is 0.00885. The smallest absolute Gasteiger partial charge is 0.0419 e. The van der Waals surface area contributed by atoms with Gasteiger partial charge in [-0.15, -0.1) is 0 Å². The van der Waals surface area contributed by atoms with Gasteiger partial charge in [0.1, 0.15) is 0 Å². The monoisotopic (exact) mass is 239 g/mol. The van der Waals surface area contributed by atoms with Crippen molar-refractivity contribution >= 4 is 0 Å². The highest BCUT2D eigenvalue weighted by Crippen LogP contribution is 2.22. The van der Waals surface area contributed by atoms with Crippen molar-refractivity contribution in [2.75, 3.05) is 0 Å². The summed E-state index contributed by atoms with van der Waals surface area (Å²) in [5, 5.41) is 0. The van der Waals surface area contributed by atoms with E-state index in [4.69, 9.17) is 5.73 Å². The fraction of sp³-hybridized carbons (Fsp3) is 0.294. The van der Waals surface area contributed by atoms with E-state index in [0.717, 1.165) is 25.7 Å². The number of hydrogen-bond donors (Lipinski definition) is 1. The van der Waals surface area contributed by atoms with E-state index in [9.17, 15) is 0 Å². The molecule has 0 aliphatic heterocycles. The lowest BCUT2D eigenvalue weighted by molar-refractivity contribution is 0.954. The van der Waals surface area contributed by atoms with Crippen molar-refractivity contribution in [1.29, 1.82) is 0 Å². The van der Waals surface area contributed by atoms with Crippen molar-refractivity contribution in [3.8, 4) is 0 Å². The number of rotatable bonds is 1. The van der Waals surface area contributed by atoms with Crippen molar-refractivity contribution in [2.24, 2.45) is 5.73 Å². The molecule has 0 aromatic heterocycles. The van der Waals surface area contributed by atoms with Crippen LogP contribution >= 0.6 is 0 Å². The van der Waals surface area contributed by atoms with E-state index < -0.39 is 0 Å². The van der Waals surface area contributed by atoms with E-state index in [2.05, 4.69) is 60.8 Å². The normalized spacial score (nSPS) is 32.6. The fourth-order valence-electron chi connectivity index (χ4n) is 2.16. The molecule has 0 aromatic carbocycles. The summed E-state index contributed by atoms with van der Waals surface area (Å²) in [6.07, 6.45) is 25.9. The van der Waals surface area contributed by atoms with Crippen LogP contribution in [-0.2, 0) is 0 Å². The fourth-order valence-corrected chi connectivity index (χ4v) is 2.16. The van der Waals surface area contributed by atoms with Crippen molar-refractivity contribution < 1.29 is 0 Å². The Kier molecular flexibility index (Phi) is 4.98. The molecule has 1 unspecified atom stereocenters. The zero-order chi connectivity index (χ0) is 12.6. The van der Waals surface area contributed by atoms with Crippen LogP contribution in [0.1, 0.15) is 25.7 Å². The van der Waals surface area contributed by atoms with Crippen LogP contribution in [0.25, 0.3) is 0 Å². The predicted octanol–water partition coefficient (Wildman–Crippen LogP) is 3.98. The highest BCUT2D eigenvalue weighted by molar-refractivity contribution is 5.45. The first-order chi connectivity index (χ1) is 8.86. The zero-order valence-corrected chi connectivity index (χ0v) is 10.8. The minimum Gasteiger partial charge on any atom is -0.321 e. The molecule has 0 radical (unpaired) electrons. The van der Waals surface area contributed by atoms with Gasteiger partial charge in [-0.1, -0.05) is 60.8 Å². The SMILES string of the molecule is NC1/C=C/CC/C=C/C=C\C(C2=CC=CCC2)=C/1. The first kappa shape index (κ1) is 12.8. The molecule has 2 aliphatic rings. The third-order valence-electron chi connectivity index (χ3n) is 3.14. The molecule has 94 valence electrons. The highest BCUT2D eigenvalue weighted by atomic mass is 14.6. The van der Waals surface area contributed by atoms with Gasteiger partial charge in [-0.2, -0.15) is 0 Å². The van der Waals surface area contributed by atoms with Gasteiger partial charge in [0.25, 0.3) is 0 Å². The second kappa shape index (κ2) is 6.97. The Bertz CT molecular complexity index is 444. The lowest BCUT2D eigenvalue weighted by Gasteiger charge is -2.12. The molecule has 0 saturated carbocycles. The summed E-state index contributed by atoms with van der Waals surface area (Å²) in [7, 11) is 0. The molecule has 1 nitrogen and oxygen atoms in total. The summed E-state index contributed by atoms with van der Waals surface area (Å²) in [5.41, 5.74) is 8.74. The van der Waals surface area contributed by atoms with Crippen LogP contribution in [0.3, 0.4) is 0 Å². The number of allylic oxidation sites excluding steroid dienone is 10. The van der Waals surface area contributed by atoms with Crippen LogP contribution < -0.4 is 5.73 Å². The molecule has 2 aliphatic carbocycles. The Labute approximate surface area is 110 Å². The lowest BCUT2D eigenvalue weighted by atomic mass is 9.95. The van der Waals surface area contributed by atoms with Crippen molar-refractivity contribution in [3.05, 3.63) is 71.9 Å². The molecule has 0 fully saturated rings. The molecule has 1 atom stereocenters. The van der Waals surface area contributed by atoms with E-state index in [1.165, 1.54) is 11.1 Å². The van der Waals surface area contributed by atoms with Gasteiger partial charge in [0.2, 0.25) is 0 Å². The van der Waals surface area contributed by atoms with Crippen molar-refractivity contribution in [1.82, 2.24) is 0 Å².